The number of hydrogen-bond donors (Lipinski definition) is 0. The van der Waals surface area contributed by atoms with Crippen molar-refractivity contribution in [3.63, 3.8) is 0 Å². The van der Waals surface area contributed by atoms with Crippen LogP contribution < -0.4 is 9.47 Å². The molecule has 0 radical (unpaired) electrons. The quantitative estimate of drug-likeness (QED) is 0.763. The number of aromatic nitrogens is 1. The molecule has 0 atom stereocenters. The van der Waals surface area contributed by atoms with Gasteiger partial charge in [0.15, 0.2) is 11.5 Å². The van der Waals surface area contributed by atoms with Crippen LogP contribution in [0.2, 0.25) is 0 Å². The first kappa shape index (κ1) is 13.7. The molecule has 1 heterocycles. The van der Waals surface area contributed by atoms with E-state index in [1.54, 1.807) is 0 Å². The lowest BCUT2D eigenvalue weighted by molar-refractivity contribution is 0.319. The summed E-state index contributed by atoms with van der Waals surface area (Å²) in [4.78, 5) is 4.34. The van der Waals surface area contributed by atoms with Crippen molar-refractivity contribution in [2.75, 3.05) is 6.61 Å². The maximum absolute atomic E-state index is 5.85. The molecule has 0 fully saturated rings. The third-order valence-electron chi connectivity index (χ3n) is 2.51. The number of hydrogen-bond acceptors (Lipinski definition) is 3. The van der Waals surface area contributed by atoms with E-state index in [0.29, 0.717) is 29.9 Å². The van der Waals surface area contributed by atoms with Crippen LogP contribution in [0.4, 0.5) is 0 Å². The van der Waals surface area contributed by atoms with E-state index >= 15 is 0 Å². The molecule has 0 saturated heterocycles. The normalized spacial score (nSPS) is 10.3. The first-order valence-electron chi connectivity index (χ1n) is 6.16. The van der Waals surface area contributed by atoms with Crippen molar-refractivity contribution in [3.05, 3.63) is 47.7 Å². The summed E-state index contributed by atoms with van der Waals surface area (Å²) in [5.74, 6) is 2.33. The highest BCUT2D eigenvalue weighted by atomic mass is 35.5. The van der Waals surface area contributed by atoms with Gasteiger partial charge in [0, 0.05) is 17.6 Å². The molecule has 0 spiro atoms. The van der Waals surface area contributed by atoms with Crippen LogP contribution >= 0.6 is 11.6 Å². The zero-order chi connectivity index (χ0) is 13.7. The summed E-state index contributed by atoms with van der Waals surface area (Å²) in [6, 6.07) is 11.3. The molecule has 0 unspecified atom stereocenters. The van der Waals surface area contributed by atoms with Gasteiger partial charge >= 0.3 is 0 Å². The Morgan fingerprint density at radius 3 is 2.58 bits per heavy atom. The van der Waals surface area contributed by atoms with Crippen molar-refractivity contribution in [2.45, 2.75) is 19.7 Å². The standard InChI is InChI=1S/C15H16ClNO2/c1-3-18-13-6-4-5-7-14(13)19-15-9-12(10-16)8-11(2)17-15/h4-9H,3,10H2,1-2H3. The van der Waals surface area contributed by atoms with Crippen LogP contribution in [0.3, 0.4) is 0 Å². The fraction of sp³-hybridized carbons (Fsp3) is 0.267. The molecule has 3 nitrogen and oxygen atoms in total. The molecule has 0 saturated carbocycles. The molecule has 19 heavy (non-hydrogen) atoms. The highest BCUT2D eigenvalue weighted by Gasteiger charge is 2.07. The van der Waals surface area contributed by atoms with Crippen molar-refractivity contribution >= 4 is 11.6 Å². The summed E-state index contributed by atoms with van der Waals surface area (Å²) in [5, 5.41) is 0. The highest BCUT2D eigenvalue weighted by molar-refractivity contribution is 6.17. The summed E-state index contributed by atoms with van der Waals surface area (Å²) < 4.78 is 11.3. The predicted molar refractivity (Wildman–Crippen MR) is 76.2 cm³/mol. The average Bonchev–Trinajstić information content (AvgIpc) is 2.40. The molecular weight excluding hydrogens is 262 g/mol. The van der Waals surface area contributed by atoms with Crippen LogP contribution in [0.25, 0.3) is 0 Å². The molecule has 2 aromatic rings. The Balaban J connectivity index is 2.28. The van der Waals surface area contributed by atoms with Crippen LogP contribution in [-0.2, 0) is 5.88 Å². The van der Waals surface area contributed by atoms with E-state index in [1.165, 1.54) is 0 Å². The summed E-state index contributed by atoms with van der Waals surface area (Å²) in [5.41, 5.74) is 1.86. The van der Waals surface area contributed by atoms with Gasteiger partial charge < -0.3 is 9.47 Å². The number of alkyl halides is 1. The average molecular weight is 278 g/mol. The summed E-state index contributed by atoms with van der Waals surface area (Å²) in [6.45, 7) is 4.44. The largest absolute Gasteiger partial charge is 0.490 e. The highest BCUT2D eigenvalue weighted by Crippen LogP contribution is 2.31. The molecule has 1 aromatic heterocycles. The summed E-state index contributed by atoms with van der Waals surface area (Å²) >= 11 is 5.85. The lowest BCUT2D eigenvalue weighted by Crippen LogP contribution is -1.97. The zero-order valence-corrected chi connectivity index (χ0v) is 11.8. The molecule has 100 valence electrons. The number of nitrogens with zero attached hydrogens (tertiary/aromatic N) is 1. The second kappa shape index (κ2) is 6.43. The first-order valence-corrected chi connectivity index (χ1v) is 6.69. The fourth-order valence-electron chi connectivity index (χ4n) is 1.76. The lowest BCUT2D eigenvalue weighted by Gasteiger charge is -2.11. The van der Waals surface area contributed by atoms with Crippen LogP contribution in [-0.4, -0.2) is 11.6 Å². The monoisotopic (exact) mass is 277 g/mol. The number of ether oxygens (including phenoxy) is 2. The molecule has 0 bridgehead atoms. The Labute approximate surface area is 118 Å². The van der Waals surface area contributed by atoms with E-state index in [9.17, 15) is 0 Å². The Morgan fingerprint density at radius 2 is 1.89 bits per heavy atom. The molecule has 0 aliphatic rings. The number of benzene rings is 1. The molecule has 0 aliphatic carbocycles. The van der Waals surface area contributed by atoms with Crippen molar-refractivity contribution in [3.8, 4) is 17.4 Å². The van der Waals surface area contributed by atoms with Gasteiger partial charge in [-0.25, -0.2) is 4.98 Å². The topological polar surface area (TPSA) is 31.4 Å². The van der Waals surface area contributed by atoms with Crippen LogP contribution in [0.1, 0.15) is 18.2 Å². The molecule has 0 aliphatic heterocycles. The van der Waals surface area contributed by atoms with E-state index in [-0.39, 0.29) is 0 Å². The Kier molecular flexibility index (Phi) is 4.63. The van der Waals surface area contributed by atoms with E-state index in [1.807, 2.05) is 50.2 Å². The third-order valence-corrected chi connectivity index (χ3v) is 2.82. The van der Waals surface area contributed by atoms with Gasteiger partial charge in [-0.1, -0.05) is 12.1 Å². The minimum Gasteiger partial charge on any atom is -0.490 e. The van der Waals surface area contributed by atoms with Gasteiger partial charge in [0.25, 0.3) is 0 Å². The maximum Gasteiger partial charge on any atom is 0.219 e. The Bertz CT molecular complexity index is 558. The summed E-state index contributed by atoms with van der Waals surface area (Å²) in [6.07, 6.45) is 0. The molecule has 2 rings (SSSR count). The van der Waals surface area contributed by atoms with Crippen molar-refractivity contribution in [2.24, 2.45) is 0 Å². The minimum absolute atomic E-state index is 0.437. The van der Waals surface area contributed by atoms with Gasteiger partial charge in [0.1, 0.15) is 0 Å². The summed E-state index contributed by atoms with van der Waals surface area (Å²) in [7, 11) is 0. The number of halogens is 1. The third kappa shape index (κ3) is 3.61. The molecule has 4 heteroatoms. The molecule has 0 amide bonds. The van der Waals surface area contributed by atoms with E-state index < -0.39 is 0 Å². The van der Waals surface area contributed by atoms with Crippen LogP contribution in [0.15, 0.2) is 36.4 Å². The van der Waals surface area contributed by atoms with Gasteiger partial charge in [0.2, 0.25) is 5.88 Å². The number of para-hydroxylation sites is 2. The molecular formula is C15H16ClNO2. The van der Waals surface area contributed by atoms with Gasteiger partial charge in [-0.2, -0.15) is 0 Å². The zero-order valence-electron chi connectivity index (χ0n) is 11.0. The number of rotatable bonds is 5. The minimum atomic E-state index is 0.437. The van der Waals surface area contributed by atoms with Crippen LogP contribution in [0.5, 0.6) is 17.4 Å². The van der Waals surface area contributed by atoms with Gasteiger partial charge in [0.05, 0.1) is 6.61 Å². The fourth-order valence-corrected chi connectivity index (χ4v) is 1.91. The maximum atomic E-state index is 5.85. The number of aryl methyl sites for hydroxylation is 1. The van der Waals surface area contributed by atoms with Crippen LogP contribution in [0, 0.1) is 6.92 Å². The second-order valence-electron chi connectivity index (χ2n) is 4.07. The van der Waals surface area contributed by atoms with Gasteiger partial charge in [-0.15, -0.1) is 11.6 Å². The van der Waals surface area contributed by atoms with E-state index in [2.05, 4.69) is 4.98 Å². The van der Waals surface area contributed by atoms with E-state index in [0.717, 1.165) is 11.3 Å². The predicted octanol–water partition coefficient (Wildman–Crippen LogP) is 4.32. The second-order valence-corrected chi connectivity index (χ2v) is 4.34. The lowest BCUT2D eigenvalue weighted by atomic mass is 10.2. The Hall–Kier alpha value is -1.74. The first-order chi connectivity index (χ1) is 9.22. The van der Waals surface area contributed by atoms with Gasteiger partial charge in [-0.3, -0.25) is 0 Å². The van der Waals surface area contributed by atoms with Crippen molar-refractivity contribution in [1.29, 1.82) is 0 Å². The van der Waals surface area contributed by atoms with Gasteiger partial charge in [-0.05, 0) is 37.6 Å². The SMILES string of the molecule is CCOc1ccccc1Oc1cc(CCl)cc(C)n1. The smallest absolute Gasteiger partial charge is 0.219 e. The molecule has 0 N–H and O–H groups in total. The van der Waals surface area contributed by atoms with Crippen molar-refractivity contribution < 1.29 is 9.47 Å². The van der Waals surface area contributed by atoms with E-state index in [4.69, 9.17) is 21.1 Å². The molecule has 1 aromatic carbocycles. The Morgan fingerprint density at radius 1 is 1.16 bits per heavy atom. The number of pyridine rings is 1. The van der Waals surface area contributed by atoms with Crippen molar-refractivity contribution in [1.82, 2.24) is 4.98 Å².